The van der Waals surface area contributed by atoms with E-state index in [2.05, 4.69) is 0 Å². The van der Waals surface area contributed by atoms with E-state index in [0.29, 0.717) is 17.5 Å². The maximum absolute atomic E-state index is 12.9. The minimum Gasteiger partial charge on any atom is -0.508 e. The predicted octanol–water partition coefficient (Wildman–Crippen LogP) is 6.42. The van der Waals surface area contributed by atoms with Gasteiger partial charge in [0.25, 0.3) is 0 Å². The van der Waals surface area contributed by atoms with Gasteiger partial charge in [0, 0.05) is 23.8 Å². The van der Waals surface area contributed by atoms with Crippen molar-refractivity contribution >= 4 is 11.0 Å². The zero-order valence-corrected chi connectivity index (χ0v) is 21.1. The number of benzene rings is 2. The molecule has 36 heavy (non-hydrogen) atoms. The van der Waals surface area contributed by atoms with Crippen LogP contribution in [0.5, 0.6) is 23.0 Å². The van der Waals surface area contributed by atoms with Crippen molar-refractivity contribution in [3.05, 3.63) is 45.6 Å². The number of phenols is 3. The Morgan fingerprint density at radius 1 is 0.722 bits per heavy atom. The Bertz CT molecular complexity index is 1210. The summed E-state index contributed by atoms with van der Waals surface area (Å²) in [4.78, 5) is 12.9. The molecule has 7 heteroatoms. The first-order valence-corrected chi connectivity index (χ1v) is 13.0. The van der Waals surface area contributed by atoms with Gasteiger partial charge in [0.1, 0.15) is 28.2 Å². The lowest BCUT2D eigenvalue weighted by molar-refractivity contribution is 0.282. The van der Waals surface area contributed by atoms with Crippen LogP contribution in [-0.4, -0.2) is 32.1 Å². The molecule has 0 amide bonds. The third-order valence-corrected chi connectivity index (χ3v) is 6.76. The highest BCUT2D eigenvalue weighted by molar-refractivity contribution is 5.89. The van der Waals surface area contributed by atoms with Gasteiger partial charge in [-0.2, -0.15) is 0 Å². The van der Waals surface area contributed by atoms with Crippen molar-refractivity contribution in [1.29, 1.82) is 0 Å². The lowest BCUT2D eigenvalue weighted by atomic mass is 10.00. The van der Waals surface area contributed by atoms with Crippen LogP contribution in [0.15, 0.2) is 33.5 Å². The van der Waals surface area contributed by atoms with Crippen LogP contribution in [0, 0.1) is 6.92 Å². The van der Waals surface area contributed by atoms with Gasteiger partial charge in [-0.25, -0.2) is 0 Å². The number of aromatic hydroxyl groups is 4. The molecule has 1 heterocycles. The molecule has 0 saturated heterocycles. The lowest BCUT2D eigenvalue weighted by Crippen LogP contribution is -2.04. The Balaban J connectivity index is 1.60. The van der Waals surface area contributed by atoms with Crippen molar-refractivity contribution in [1.82, 2.24) is 0 Å². The molecule has 0 aliphatic heterocycles. The Morgan fingerprint density at radius 3 is 1.89 bits per heavy atom. The molecule has 196 valence electrons. The topological polar surface area (TPSA) is 131 Å². The molecule has 0 aliphatic rings. The van der Waals surface area contributed by atoms with E-state index >= 15 is 0 Å². The highest BCUT2D eigenvalue weighted by Gasteiger charge is 2.22. The largest absolute Gasteiger partial charge is 0.508 e. The summed E-state index contributed by atoms with van der Waals surface area (Å²) >= 11 is 0. The van der Waals surface area contributed by atoms with Crippen LogP contribution in [0.25, 0.3) is 22.3 Å². The van der Waals surface area contributed by atoms with Gasteiger partial charge in [0.15, 0.2) is 5.76 Å². The number of aliphatic hydroxyl groups excluding tert-OH is 1. The van der Waals surface area contributed by atoms with Gasteiger partial charge in [-0.05, 0) is 49.9 Å². The molecule has 0 radical (unpaired) electrons. The zero-order chi connectivity index (χ0) is 26.1. The zero-order valence-electron chi connectivity index (χ0n) is 21.1. The summed E-state index contributed by atoms with van der Waals surface area (Å²) in [6.45, 7) is 1.97. The Morgan fingerprint density at radius 2 is 1.31 bits per heavy atom. The van der Waals surface area contributed by atoms with Gasteiger partial charge in [0.05, 0.1) is 0 Å². The average Bonchev–Trinajstić information content (AvgIpc) is 2.85. The molecule has 0 bridgehead atoms. The van der Waals surface area contributed by atoms with Gasteiger partial charge in [-0.1, -0.05) is 57.8 Å². The second-order valence-corrected chi connectivity index (χ2v) is 9.57. The molecule has 5 N–H and O–H groups in total. The Hall–Kier alpha value is -3.19. The molecule has 1 aromatic heterocycles. The van der Waals surface area contributed by atoms with Crippen LogP contribution in [-0.2, 0) is 6.42 Å². The monoisotopic (exact) mass is 498 g/mol. The van der Waals surface area contributed by atoms with E-state index in [1.807, 2.05) is 0 Å². The maximum atomic E-state index is 12.9. The fraction of sp³-hybridized carbons (Fsp3) is 0.483. The van der Waals surface area contributed by atoms with Crippen LogP contribution < -0.4 is 5.43 Å². The van der Waals surface area contributed by atoms with E-state index in [0.717, 1.165) is 38.5 Å². The van der Waals surface area contributed by atoms with Gasteiger partial charge >= 0.3 is 0 Å². The van der Waals surface area contributed by atoms with E-state index in [1.165, 1.54) is 50.3 Å². The molecule has 3 rings (SSSR count). The summed E-state index contributed by atoms with van der Waals surface area (Å²) in [5, 5.41) is 50.2. The molecular formula is C29H38O7. The third kappa shape index (κ3) is 6.72. The molecule has 0 unspecified atom stereocenters. The molecule has 0 fully saturated rings. The first-order chi connectivity index (χ1) is 17.3. The summed E-state index contributed by atoms with van der Waals surface area (Å²) in [5.74, 6) is -1.15. The summed E-state index contributed by atoms with van der Waals surface area (Å²) in [5.41, 5.74) is 0.433. The summed E-state index contributed by atoms with van der Waals surface area (Å²) < 4.78 is 5.73. The molecule has 0 aliphatic carbocycles. The van der Waals surface area contributed by atoms with Crippen molar-refractivity contribution in [2.75, 3.05) is 6.61 Å². The standard InChI is InChI=1S/C29H38O7/c1-19-17-20(14-15-22(19)31)29-28(35)27(34)25-24(36-29)18-23(32)21(26(25)33)13-11-9-7-5-3-2-4-6-8-10-12-16-30/h14-15,17-18,30-33,35H,2-13,16H2,1H3. The van der Waals surface area contributed by atoms with Crippen LogP contribution >= 0.6 is 0 Å². The lowest BCUT2D eigenvalue weighted by Gasteiger charge is -2.12. The fourth-order valence-electron chi connectivity index (χ4n) is 4.60. The minimum atomic E-state index is -0.771. The van der Waals surface area contributed by atoms with E-state index in [1.54, 1.807) is 13.0 Å². The molecule has 2 aromatic carbocycles. The van der Waals surface area contributed by atoms with E-state index < -0.39 is 11.2 Å². The normalized spacial score (nSPS) is 11.4. The molecule has 0 atom stereocenters. The van der Waals surface area contributed by atoms with Gasteiger partial charge in [-0.15, -0.1) is 0 Å². The van der Waals surface area contributed by atoms with Gasteiger partial charge in [-0.3, -0.25) is 4.79 Å². The van der Waals surface area contributed by atoms with Crippen molar-refractivity contribution in [2.24, 2.45) is 0 Å². The van der Waals surface area contributed by atoms with E-state index in [9.17, 15) is 25.2 Å². The quantitative estimate of drug-likeness (QED) is 0.162. The van der Waals surface area contributed by atoms with Gasteiger partial charge < -0.3 is 29.9 Å². The summed E-state index contributed by atoms with van der Waals surface area (Å²) in [7, 11) is 0. The number of aryl methyl sites for hydroxylation is 1. The SMILES string of the molecule is Cc1cc(-c2oc3cc(O)c(CCCCCCCCCCCCCO)c(O)c3c(=O)c2O)ccc1O. The van der Waals surface area contributed by atoms with Crippen LogP contribution in [0.2, 0.25) is 0 Å². The van der Waals surface area contributed by atoms with Crippen molar-refractivity contribution in [2.45, 2.75) is 84.0 Å². The predicted molar refractivity (Wildman–Crippen MR) is 141 cm³/mol. The fourth-order valence-corrected chi connectivity index (χ4v) is 4.60. The Kier molecular flexibility index (Phi) is 10.1. The number of rotatable bonds is 14. The maximum Gasteiger partial charge on any atom is 0.238 e. The number of hydrogen-bond donors (Lipinski definition) is 5. The molecular weight excluding hydrogens is 460 g/mol. The highest BCUT2D eigenvalue weighted by Crippen LogP contribution is 2.39. The highest BCUT2D eigenvalue weighted by atomic mass is 16.4. The first-order valence-electron chi connectivity index (χ1n) is 13.0. The average molecular weight is 499 g/mol. The number of aliphatic hydroxyl groups is 1. The van der Waals surface area contributed by atoms with Crippen molar-refractivity contribution < 1.29 is 29.9 Å². The van der Waals surface area contributed by atoms with Gasteiger partial charge in [0.2, 0.25) is 11.2 Å². The second kappa shape index (κ2) is 13.2. The first kappa shape index (κ1) is 27.4. The Labute approximate surface area is 211 Å². The molecule has 7 nitrogen and oxygen atoms in total. The summed E-state index contributed by atoms with van der Waals surface area (Å²) in [6, 6.07) is 5.84. The minimum absolute atomic E-state index is 0.0198. The van der Waals surface area contributed by atoms with Crippen molar-refractivity contribution in [3.63, 3.8) is 0 Å². The smallest absolute Gasteiger partial charge is 0.238 e. The van der Waals surface area contributed by atoms with Crippen LogP contribution in [0.3, 0.4) is 0 Å². The molecule has 0 saturated carbocycles. The molecule has 3 aromatic rings. The number of phenolic OH excluding ortho intramolecular Hbond substituents is 3. The number of unbranched alkanes of at least 4 members (excludes halogenated alkanes) is 10. The third-order valence-electron chi connectivity index (χ3n) is 6.76. The second-order valence-electron chi connectivity index (χ2n) is 9.57. The van der Waals surface area contributed by atoms with Crippen LogP contribution in [0.1, 0.15) is 81.8 Å². The molecule has 0 spiro atoms. The number of hydrogen-bond acceptors (Lipinski definition) is 7. The summed E-state index contributed by atoms with van der Waals surface area (Å²) in [6.07, 6.45) is 12.4. The van der Waals surface area contributed by atoms with Crippen LogP contribution in [0.4, 0.5) is 0 Å². The van der Waals surface area contributed by atoms with E-state index in [-0.39, 0.29) is 46.1 Å². The number of fused-ring (bicyclic) bond motifs is 1. The van der Waals surface area contributed by atoms with E-state index in [4.69, 9.17) is 9.52 Å². The van der Waals surface area contributed by atoms with Crippen molar-refractivity contribution in [3.8, 4) is 34.3 Å².